The van der Waals surface area contributed by atoms with Crippen LogP contribution in [0.4, 0.5) is 10.5 Å². The first kappa shape index (κ1) is 26.7. The van der Waals surface area contributed by atoms with Crippen LogP contribution < -0.4 is 15.0 Å². The number of phenols is 1. The van der Waals surface area contributed by atoms with Crippen molar-refractivity contribution in [3.05, 3.63) is 82.2 Å². The maximum atomic E-state index is 13.2. The molecule has 0 fully saturated rings. The van der Waals surface area contributed by atoms with Gasteiger partial charge in [0.2, 0.25) is 0 Å². The summed E-state index contributed by atoms with van der Waals surface area (Å²) in [4.78, 5) is 27.5. The van der Waals surface area contributed by atoms with Gasteiger partial charge in [0.25, 0.3) is 5.91 Å². The van der Waals surface area contributed by atoms with Crippen LogP contribution in [0.5, 0.6) is 11.5 Å². The summed E-state index contributed by atoms with van der Waals surface area (Å²) < 4.78 is 7.21. The van der Waals surface area contributed by atoms with Crippen molar-refractivity contribution in [3.8, 4) is 11.5 Å². The predicted molar refractivity (Wildman–Crippen MR) is 150 cm³/mol. The molecule has 1 heterocycles. The lowest BCUT2D eigenvalue weighted by Gasteiger charge is -2.20. The Labute approximate surface area is 222 Å². The number of hydrogen-bond acceptors (Lipinski definition) is 5. The smallest absolute Gasteiger partial charge is 0.349 e. The van der Waals surface area contributed by atoms with Crippen LogP contribution in [-0.2, 0) is 0 Å². The first-order valence-corrected chi connectivity index (χ1v) is 12.6. The van der Waals surface area contributed by atoms with Gasteiger partial charge >= 0.3 is 6.03 Å². The Kier molecular flexibility index (Phi) is 7.71. The van der Waals surface area contributed by atoms with E-state index >= 15 is 0 Å². The maximum Gasteiger partial charge on any atom is 0.349 e. The van der Waals surface area contributed by atoms with E-state index in [0.717, 1.165) is 28.3 Å². The summed E-state index contributed by atoms with van der Waals surface area (Å²) in [5.74, 6) is 0.335. The molecule has 0 saturated heterocycles. The van der Waals surface area contributed by atoms with Gasteiger partial charge in [0.15, 0.2) is 0 Å². The molecule has 0 aliphatic heterocycles. The second-order valence-corrected chi connectivity index (χ2v) is 9.61. The number of amides is 2. The van der Waals surface area contributed by atoms with E-state index < -0.39 is 0 Å². The average Bonchev–Trinajstić information content (AvgIpc) is 3.15. The number of aromatic nitrogens is 2. The van der Waals surface area contributed by atoms with Gasteiger partial charge < -0.3 is 15.2 Å². The quantitative estimate of drug-likeness (QED) is 0.314. The van der Waals surface area contributed by atoms with E-state index in [9.17, 15) is 14.7 Å². The molecule has 0 aliphatic rings. The van der Waals surface area contributed by atoms with Gasteiger partial charge in [0, 0.05) is 30.1 Å². The molecule has 0 radical (unpaired) electrons. The third-order valence-corrected chi connectivity index (χ3v) is 6.93. The van der Waals surface area contributed by atoms with Crippen molar-refractivity contribution in [2.45, 2.75) is 41.0 Å². The van der Waals surface area contributed by atoms with Gasteiger partial charge in [0.05, 0.1) is 23.6 Å². The fraction of sp³-hybridized carbons (Fsp3) is 0.300. The molecule has 0 saturated carbocycles. The Bertz CT molecular complexity index is 1520. The van der Waals surface area contributed by atoms with E-state index in [2.05, 4.69) is 16.5 Å². The van der Waals surface area contributed by atoms with Crippen molar-refractivity contribution in [2.24, 2.45) is 0 Å². The molecule has 4 aromatic rings. The van der Waals surface area contributed by atoms with Crippen LogP contribution in [0.15, 0.2) is 48.5 Å². The molecule has 2 amide bonds. The molecule has 0 aliphatic carbocycles. The summed E-state index contributed by atoms with van der Waals surface area (Å²) in [6.07, 6.45) is 0.621. The summed E-state index contributed by atoms with van der Waals surface area (Å²) in [5.41, 5.74) is 5.58. The summed E-state index contributed by atoms with van der Waals surface area (Å²) in [7, 11) is 1.67. The molecule has 8 heteroatoms. The molecule has 2 N–H and O–H groups in total. The average molecular weight is 515 g/mol. The van der Waals surface area contributed by atoms with Gasteiger partial charge in [0.1, 0.15) is 11.5 Å². The molecule has 3 aromatic carbocycles. The molecule has 0 unspecified atom stereocenters. The van der Waals surface area contributed by atoms with Crippen LogP contribution >= 0.6 is 0 Å². The number of rotatable bonds is 7. The number of nitrogens with one attached hydrogen (secondary N) is 1. The second-order valence-electron chi connectivity index (χ2n) is 9.61. The number of anilines is 1. The minimum Gasteiger partial charge on any atom is -0.506 e. The van der Waals surface area contributed by atoms with Crippen molar-refractivity contribution in [2.75, 3.05) is 25.1 Å². The first-order chi connectivity index (χ1) is 18.1. The molecule has 0 atom stereocenters. The minimum absolute atomic E-state index is 0.129. The van der Waals surface area contributed by atoms with Crippen LogP contribution in [-0.4, -0.2) is 47.0 Å². The highest BCUT2D eigenvalue weighted by molar-refractivity contribution is 6.09. The van der Waals surface area contributed by atoms with E-state index in [1.165, 1.54) is 15.1 Å². The lowest BCUT2D eigenvalue weighted by molar-refractivity contribution is 0.0949. The van der Waals surface area contributed by atoms with Crippen molar-refractivity contribution in [1.82, 2.24) is 15.1 Å². The third kappa shape index (κ3) is 5.20. The standard InChI is InChI=1S/C30H34N4O4/c1-18-11-14-27(19(2)17-18)38-16-8-15-31-29(36)25-13-12-23-24(28(25)35)9-7-10-26(23)33(6)30(37)34-22(5)20(3)21(4)32-34/h7,9-14,17,35H,8,15-16H2,1-6H3,(H,31,36). The van der Waals surface area contributed by atoms with Gasteiger partial charge in [-0.1, -0.05) is 35.9 Å². The van der Waals surface area contributed by atoms with Gasteiger partial charge in [-0.3, -0.25) is 9.69 Å². The van der Waals surface area contributed by atoms with Crippen molar-refractivity contribution in [1.29, 1.82) is 0 Å². The Balaban J connectivity index is 1.45. The SMILES string of the molecule is Cc1ccc(OCCCNC(=O)c2ccc3c(N(C)C(=O)n4nc(C)c(C)c4C)cccc3c2O)c(C)c1. The minimum atomic E-state index is -0.371. The number of fused-ring (bicyclic) bond motifs is 1. The molecule has 198 valence electrons. The lowest BCUT2D eigenvalue weighted by Crippen LogP contribution is -2.32. The Hall–Kier alpha value is -4.33. The normalized spacial score (nSPS) is 11.0. The zero-order chi connectivity index (χ0) is 27.6. The van der Waals surface area contributed by atoms with Crippen LogP contribution in [0.3, 0.4) is 0 Å². The molecule has 0 spiro atoms. The van der Waals surface area contributed by atoms with Gasteiger partial charge in [-0.15, -0.1) is 0 Å². The number of aryl methyl sites for hydroxylation is 3. The summed E-state index contributed by atoms with van der Waals surface area (Å²) in [5, 5.41) is 19.3. The van der Waals surface area contributed by atoms with Gasteiger partial charge in [-0.05, 0) is 70.4 Å². The van der Waals surface area contributed by atoms with Crippen molar-refractivity contribution < 1.29 is 19.4 Å². The molecular formula is C30H34N4O4. The zero-order valence-electron chi connectivity index (χ0n) is 22.8. The second kappa shape index (κ2) is 11.0. The first-order valence-electron chi connectivity index (χ1n) is 12.6. The predicted octanol–water partition coefficient (Wildman–Crippen LogP) is 5.59. The molecule has 4 rings (SSSR count). The number of benzene rings is 3. The largest absolute Gasteiger partial charge is 0.506 e. The Morgan fingerprint density at radius 2 is 1.79 bits per heavy atom. The van der Waals surface area contributed by atoms with Crippen LogP contribution in [0.1, 0.15) is 44.9 Å². The summed E-state index contributed by atoms with van der Waals surface area (Å²) >= 11 is 0. The Morgan fingerprint density at radius 3 is 2.47 bits per heavy atom. The number of phenolic OH excluding ortho intramolecular Hbond substituents is 1. The number of carbonyl (C=O) groups excluding carboxylic acids is 2. The molecular weight excluding hydrogens is 480 g/mol. The molecule has 1 aromatic heterocycles. The van der Waals surface area contributed by atoms with Gasteiger partial charge in [-0.25, -0.2) is 4.79 Å². The van der Waals surface area contributed by atoms with E-state index in [1.807, 2.05) is 46.8 Å². The summed E-state index contributed by atoms with van der Waals surface area (Å²) in [6, 6.07) is 14.3. The lowest BCUT2D eigenvalue weighted by atomic mass is 10.0. The highest BCUT2D eigenvalue weighted by Gasteiger charge is 2.22. The van der Waals surface area contributed by atoms with Gasteiger partial charge in [-0.2, -0.15) is 9.78 Å². The topological polar surface area (TPSA) is 96.7 Å². The van der Waals surface area contributed by atoms with Crippen molar-refractivity contribution >= 4 is 28.4 Å². The van der Waals surface area contributed by atoms with Crippen LogP contribution in [0, 0.1) is 34.6 Å². The van der Waals surface area contributed by atoms with Crippen LogP contribution in [0.2, 0.25) is 0 Å². The third-order valence-electron chi connectivity index (χ3n) is 6.93. The van der Waals surface area contributed by atoms with E-state index in [1.54, 1.807) is 37.4 Å². The van der Waals surface area contributed by atoms with E-state index in [-0.39, 0.29) is 23.3 Å². The highest BCUT2D eigenvalue weighted by atomic mass is 16.5. The monoisotopic (exact) mass is 514 g/mol. The molecule has 38 heavy (non-hydrogen) atoms. The van der Waals surface area contributed by atoms with Crippen molar-refractivity contribution in [3.63, 3.8) is 0 Å². The fourth-order valence-electron chi connectivity index (χ4n) is 4.47. The number of ether oxygens (including phenoxy) is 1. The fourth-order valence-corrected chi connectivity index (χ4v) is 4.47. The number of hydrogen-bond donors (Lipinski definition) is 2. The zero-order valence-corrected chi connectivity index (χ0v) is 22.8. The van der Waals surface area contributed by atoms with E-state index in [4.69, 9.17) is 4.74 Å². The summed E-state index contributed by atoms with van der Waals surface area (Å²) in [6.45, 7) is 10.6. The molecule has 0 bridgehead atoms. The number of carbonyl (C=O) groups is 2. The van der Waals surface area contributed by atoms with E-state index in [0.29, 0.717) is 36.0 Å². The maximum absolute atomic E-state index is 13.2. The number of aromatic hydroxyl groups is 1. The number of nitrogens with zero attached hydrogens (tertiary/aromatic N) is 3. The highest BCUT2D eigenvalue weighted by Crippen LogP contribution is 2.35. The Morgan fingerprint density at radius 1 is 1.03 bits per heavy atom. The molecule has 8 nitrogen and oxygen atoms in total. The van der Waals surface area contributed by atoms with Crippen LogP contribution in [0.25, 0.3) is 10.8 Å².